The van der Waals surface area contributed by atoms with Gasteiger partial charge >= 0.3 is 5.69 Å². The molecule has 10 heteroatoms. The summed E-state index contributed by atoms with van der Waals surface area (Å²) in [4.78, 5) is 29.0. The average molecular weight is 419 g/mol. The third-order valence-electron chi connectivity index (χ3n) is 5.14. The average Bonchev–Trinajstić information content (AvgIpc) is 3.00. The van der Waals surface area contributed by atoms with Crippen LogP contribution in [-0.4, -0.2) is 68.9 Å². The first kappa shape index (κ1) is 22.1. The maximum absolute atomic E-state index is 12.7. The van der Waals surface area contributed by atoms with Gasteiger partial charge in [-0.3, -0.25) is 9.36 Å². The fourth-order valence-electron chi connectivity index (χ4n) is 3.44. The molecule has 0 bridgehead atoms. The minimum atomic E-state index is -1.88. The molecule has 4 N–H and O–H groups in total. The van der Waals surface area contributed by atoms with Gasteiger partial charge in [0.25, 0.3) is 5.91 Å². The van der Waals surface area contributed by atoms with E-state index in [2.05, 4.69) is 10.3 Å². The molecule has 1 aromatic heterocycles. The van der Waals surface area contributed by atoms with Crippen LogP contribution >= 0.6 is 0 Å². The van der Waals surface area contributed by atoms with Gasteiger partial charge in [0.15, 0.2) is 6.23 Å². The highest BCUT2D eigenvalue weighted by atomic mass is 16.6. The fraction of sp³-hybridized carbons (Fsp3) is 0.450. The summed E-state index contributed by atoms with van der Waals surface area (Å²) in [6.45, 7) is 1.18. The number of anilines is 1. The summed E-state index contributed by atoms with van der Waals surface area (Å²) < 4.78 is 11.6. The Kier molecular flexibility index (Phi) is 6.64. The summed E-state index contributed by atoms with van der Waals surface area (Å²) in [6.07, 6.45) is -2.47. The normalized spacial score (nSPS) is 26.0. The van der Waals surface area contributed by atoms with E-state index in [1.807, 2.05) is 0 Å². The third-order valence-corrected chi connectivity index (χ3v) is 5.14. The Balaban J connectivity index is 1.92. The van der Waals surface area contributed by atoms with Crippen molar-refractivity contribution in [3.63, 3.8) is 0 Å². The van der Waals surface area contributed by atoms with Crippen molar-refractivity contribution < 1.29 is 29.6 Å². The topological polar surface area (TPSA) is 143 Å². The molecule has 162 valence electrons. The molecule has 4 atom stereocenters. The number of aryl methyl sites for hydroxylation is 1. The van der Waals surface area contributed by atoms with E-state index in [1.165, 1.54) is 13.3 Å². The fourth-order valence-corrected chi connectivity index (χ4v) is 3.44. The Morgan fingerprint density at radius 3 is 2.70 bits per heavy atom. The predicted molar refractivity (Wildman–Crippen MR) is 106 cm³/mol. The number of benzene rings is 1. The third kappa shape index (κ3) is 4.13. The van der Waals surface area contributed by atoms with Crippen LogP contribution in [0, 0.1) is 6.92 Å². The summed E-state index contributed by atoms with van der Waals surface area (Å²) in [5, 5.41) is 33.6. The molecule has 0 unspecified atom stereocenters. The van der Waals surface area contributed by atoms with Crippen LogP contribution < -0.4 is 11.0 Å². The van der Waals surface area contributed by atoms with E-state index in [1.54, 1.807) is 37.3 Å². The number of carbonyl (C=O) groups excluding carboxylic acids is 1. The van der Waals surface area contributed by atoms with Crippen molar-refractivity contribution >= 4 is 11.7 Å². The van der Waals surface area contributed by atoms with Crippen molar-refractivity contribution in [3.05, 3.63) is 58.1 Å². The molecule has 0 aliphatic carbocycles. The second-order valence-electron chi connectivity index (χ2n) is 7.17. The molecule has 2 heterocycles. The number of aliphatic hydroxyl groups is 3. The molecule has 10 nitrogen and oxygen atoms in total. The van der Waals surface area contributed by atoms with Gasteiger partial charge in [0, 0.05) is 37.5 Å². The number of aliphatic hydroxyl groups excluding tert-OH is 2. The van der Waals surface area contributed by atoms with E-state index < -0.39 is 42.2 Å². The number of rotatable bonds is 7. The minimum absolute atomic E-state index is 0.0379. The maximum atomic E-state index is 12.7. The largest absolute Gasteiger partial charge is 0.394 e. The summed E-state index contributed by atoms with van der Waals surface area (Å²) in [6, 6.07) is 8.47. The molecule has 1 aliphatic rings. The van der Waals surface area contributed by atoms with Crippen molar-refractivity contribution in [1.82, 2.24) is 9.55 Å². The van der Waals surface area contributed by atoms with E-state index in [-0.39, 0.29) is 18.8 Å². The lowest BCUT2D eigenvalue weighted by Crippen LogP contribution is -2.49. The van der Waals surface area contributed by atoms with Crippen molar-refractivity contribution in [2.45, 2.75) is 37.4 Å². The monoisotopic (exact) mass is 419 g/mol. The Bertz CT molecular complexity index is 949. The zero-order valence-corrected chi connectivity index (χ0v) is 16.7. The molecular weight excluding hydrogens is 394 g/mol. The molecule has 1 amide bonds. The molecule has 1 saturated heterocycles. The smallest absolute Gasteiger partial charge is 0.351 e. The SMILES string of the molecule is COCC[C@@]1(O)[C@H](O)[C@@H](CO)O[C@H]1n1cc(C)c(NC(=O)c2ccccc2)nc1=O. The van der Waals surface area contributed by atoms with Gasteiger partial charge in [0.1, 0.15) is 23.6 Å². The van der Waals surface area contributed by atoms with Gasteiger partial charge in [-0.15, -0.1) is 0 Å². The van der Waals surface area contributed by atoms with Crippen LogP contribution in [0.4, 0.5) is 5.82 Å². The van der Waals surface area contributed by atoms with Gasteiger partial charge in [-0.25, -0.2) is 4.79 Å². The van der Waals surface area contributed by atoms with Crippen LogP contribution in [0.2, 0.25) is 0 Å². The van der Waals surface area contributed by atoms with Crippen molar-refractivity contribution in [1.29, 1.82) is 0 Å². The number of methoxy groups -OCH3 is 1. The first-order chi connectivity index (χ1) is 14.3. The minimum Gasteiger partial charge on any atom is -0.394 e. The van der Waals surface area contributed by atoms with E-state index in [0.717, 1.165) is 4.57 Å². The summed E-state index contributed by atoms with van der Waals surface area (Å²) in [5.41, 5.74) is -1.82. The number of carbonyl (C=O) groups is 1. The molecule has 1 aliphatic heterocycles. The lowest BCUT2D eigenvalue weighted by Gasteiger charge is -2.31. The molecule has 2 aromatic rings. The number of amides is 1. The molecule has 1 aromatic carbocycles. The molecule has 0 saturated carbocycles. The van der Waals surface area contributed by atoms with Crippen LogP contribution in [0.1, 0.15) is 28.6 Å². The van der Waals surface area contributed by atoms with Crippen LogP contribution in [0.3, 0.4) is 0 Å². The Morgan fingerprint density at radius 1 is 1.37 bits per heavy atom. The van der Waals surface area contributed by atoms with E-state index >= 15 is 0 Å². The van der Waals surface area contributed by atoms with E-state index in [4.69, 9.17) is 9.47 Å². The number of aromatic nitrogens is 2. The number of hydrogen-bond acceptors (Lipinski definition) is 8. The van der Waals surface area contributed by atoms with Gasteiger partial charge in [-0.05, 0) is 19.1 Å². The number of nitrogens with zero attached hydrogens (tertiary/aromatic N) is 2. The van der Waals surface area contributed by atoms with Gasteiger partial charge in [0.2, 0.25) is 0 Å². The molecular formula is C20H25N3O7. The highest BCUT2D eigenvalue weighted by molar-refractivity contribution is 6.03. The van der Waals surface area contributed by atoms with Crippen LogP contribution in [0.5, 0.6) is 0 Å². The molecule has 30 heavy (non-hydrogen) atoms. The molecule has 3 rings (SSSR count). The van der Waals surface area contributed by atoms with Crippen molar-refractivity contribution in [2.24, 2.45) is 0 Å². The van der Waals surface area contributed by atoms with E-state index in [9.17, 15) is 24.9 Å². The van der Waals surface area contributed by atoms with Gasteiger partial charge in [-0.2, -0.15) is 4.98 Å². The predicted octanol–water partition coefficient (Wildman–Crippen LogP) is -0.178. The first-order valence-electron chi connectivity index (χ1n) is 9.43. The Labute approximate surface area is 172 Å². The summed E-state index contributed by atoms with van der Waals surface area (Å²) >= 11 is 0. The zero-order chi connectivity index (χ0) is 21.9. The maximum Gasteiger partial charge on any atom is 0.351 e. The quantitative estimate of drug-likeness (QED) is 0.484. The summed E-state index contributed by atoms with van der Waals surface area (Å²) in [5.74, 6) is -0.351. The second-order valence-corrected chi connectivity index (χ2v) is 7.17. The number of nitrogens with one attached hydrogen (secondary N) is 1. The standard InChI is InChI=1S/C20H25N3O7/c1-12-10-23(18-20(28,8-9-29-2)15(25)14(11-24)30-18)19(27)22-16(12)21-17(26)13-6-4-3-5-7-13/h3-7,10,14-15,18,24-25,28H,8-9,11H2,1-2H3,(H,21,22,26,27)/t14-,15-,18-,20-/m1/s1. The van der Waals surface area contributed by atoms with Crippen LogP contribution in [0.15, 0.2) is 41.3 Å². The van der Waals surface area contributed by atoms with E-state index in [0.29, 0.717) is 11.1 Å². The lowest BCUT2D eigenvalue weighted by atomic mass is 9.90. The van der Waals surface area contributed by atoms with Gasteiger partial charge < -0.3 is 30.1 Å². The number of hydrogen-bond donors (Lipinski definition) is 4. The lowest BCUT2D eigenvalue weighted by molar-refractivity contribution is -0.122. The Hall–Kier alpha value is -2.63. The molecule has 0 radical (unpaired) electrons. The highest BCUT2D eigenvalue weighted by Crippen LogP contribution is 2.40. The van der Waals surface area contributed by atoms with Gasteiger partial charge in [-0.1, -0.05) is 18.2 Å². The zero-order valence-electron chi connectivity index (χ0n) is 16.7. The van der Waals surface area contributed by atoms with Crippen LogP contribution in [-0.2, 0) is 9.47 Å². The summed E-state index contributed by atoms with van der Waals surface area (Å²) in [7, 11) is 1.44. The van der Waals surface area contributed by atoms with Crippen LogP contribution in [0.25, 0.3) is 0 Å². The Morgan fingerprint density at radius 2 is 2.07 bits per heavy atom. The second kappa shape index (κ2) is 9.02. The van der Waals surface area contributed by atoms with Crippen molar-refractivity contribution in [3.8, 4) is 0 Å². The molecule has 0 spiro atoms. The van der Waals surface area contributed by atoms with Crippen molar-refractivity contribution in [2.75, 3.05) is 25.6 Å². The van der Waals surface area contributed by atoms with Gasteiger partial charge in [0.05, 0.1) is 6.61 Å². The molecule has 1 fully saturated rings. The highest BCUT2D eigenvalue weighted by Gasteiger charge is 2.56. The first-order valence-corrected chi connectivity index (χ1v) is 9.43. The number of ether oxygens (including phenoxy) is 2.